The molecular weight excluding hydrogens is 280 g/mol. The maximum atomic E-state index is 11.7. The Balaban J connectivity index is 2.64. The molecule has 0 radical (unpaired) electrons. The summed E-state index contributed by atoms with van der Waals surface area (Å²) in [6.45, 7) is 3.63. The Hall–Kier alpha value is -2.14. The van der Waals surface area contributed by atoms with Crippen LogP contribution in [0.1, 0.15) is 17.0 Å². The van der Waals surface area contributed by atoms with Gasteiger partial charge in [-0.3, -0.25) is 9.59 Å². The Labute approximate surface area is 120 Å². The minimum atomic E-state index is -1.09. The van der Waals surface area contributed by atoms with Gasteiger partial charge in [0.05, 0.1) is 12.1 Å². The second kappa shape index (κ2) is 5.46. The van der Waals surface area contributed by atoms with E-state index in [1.54, 1.807) is 23.7 Å². The Morgan fingerprint density at radius 3 is 2.70 bits per heavy atom. The third-order valence-corrected chi connectivity index (χ3v) is 3.13. The van der Waals surface area contributed by atoms with E-state index in [9.17, 15) is 9.59 Å². The Morgan fingerprint density at radius 1 is 1.35 bits per heavy atom. The molecule has 1 heterocycles. The summed E-state index contributed by atoms with van der Waals surface area (Å²) in [5.74, 6) is -1.09. The molecule has 104 valence electrons. The molecule has 6 heteroatoms. The van der Waals surface area contributed by atoms with Gasteiger partial charge in [-0.15, -0.1) is 0 Å². The number of aromatic nitrogens is 2. The standard InChI is InChI=1S/C14H13ClN2O3/c1-8-3-4-10(15)6-12(8)17-9(2)5-13(18)11(16-17)7-14(19)20/h3-6H,7H2,1-2H3,(H,19,20). The number of aliphatic carboxylic acids is 1. The first kappa shape index (κ1) is 14.3. The maximum Gasteiger partial charge on any atom is 0.309 e. The lowest BCUT2D eigenvalue weighted by Gasteiger charge is -2.13. The van der Waals surface area contributed by atoms with E-state index in [-0.39, 0.29) is 11.1 Å². The fourth-order valence-electron chi connectivity index (χ4n) is 1.90. The minimum Gasteiger partial charge on any atom is -0.481 e. The van der Waals surface area contributed by atoms with E-state index in [0.29, 0.717) is 10.7 Å². The number of carboxylic acid groups (broad SMARTS) is 1. The van der Waals surface area contributed by atoms with Crippen LogP contribution in [0.4, 0.5) is 0 Å². The van der Waals surface area contributed by atoms with Crippen molar-refractivity contribution in [1.29, 1.82) is 0 Å². The highest BCUT2D eigenvalue weighted by atomic mass is 35.5. The molecule has 1 aromatic carbocycles. The van der Waals surface area contributed by atoms with Gasteiger partial charge >= 0.3 is 5.97 Å². The monoisotopic (exact) mass is 292 g/mol. The Morgan fingerprint density at radius 2 is 2.05 bits per heavy atom. The highest BCUT2D eigenvalue weighted by molar-refractivity contribution is 6.30. The van der Waals surface area contributed by atoms with E-state index in [2.05, 4.69) is 5.10 Å². The molecule has 0 spiro atoms. The minimum absolute atomic E-state index is 0.00229. The van der Waals surface area contributed by atoms with E-state index in [1.165, 1.54) is 6.07 Å². The summed E-state index contributed by atoms with van der Waals surface area (Å²) in [6.07, 6.45) is -0.404. The van der Waals surface area contributed by atoms with Gasteiger partial charge in [0.1, 0.15) is 5.69 Å². The molecule has 0 aliphatic heterocycles. The predicted molar refractivity (Wildman–Crippen MR) is 75.7 cm³/mol. The Kier molecular flexibility index (Phi) is 3.90. The lowest BCUT2D eigenvalue weighted by molar-refractivity contribution is -0.136. The zero-order chi connectivity index (χ0) is 14.9. The lowest BCUT2D eigenvalue weighted by atomic mass is 10.2. The van der Waals surface area contributed by atoms with Gasteiger partial charge in [0, 0.05) is 16.8 Å². The van der Waals surface area contributed by atoms with Gasteiger partial charge in [0.25, 0.3) is 0 Å². The van der Waals surface area contributed by atoms with Crippen molar-refractivity contribution in [3.63, 3.8) is 0 Å². The molecule has 20 heavy (non-hydrogen) atoms. The van der Waals surface area contributed by atoms with Crippen LogP contribution in [0.15, 0.2) is 29.1 Å². The topological polar surface area (TPSA) is 72.2 Å². The molecule has 0 atom stereocenters. The van der Waals surface area contributed by atoms with Gasteiger partial charge in [-0.25, -0.2) is 4.68 Å². The molecule has 0 amide bonds. The molecule has 5 nitrogen and oxygen atoms in total. The molecular formula is C14H13ClN2O3. The van der Waals surface area contributed by atoms with Crippen LogP contribution in [0.2, 0.25) is 5.02 Å². The second-order valence-electron chi connectivity index (χ2n) is 4.51. The third kappa shape index (κ3) is 2.88. The summed E-state index contributed by atoms with van der Waals surface area (Å²) in [5, 5.41) is 13.5. The molecule has 0 fully saturated rings. The first-order valence-electron chi connectivity index (χ1n) is 5.96. The van der Waals surface area contributed by atoms with Gasteiger partial charge in [-0.1, -0.05) is 17.7 Å². The average molecular weight is 293 g/mol. The van der Waals surface area contributed by atoms with E-state index in [1.807, 2.05) is 13.0 Å². The first-order valence-corrected chi connectivity index (χ1v) is 6.34. The summed E-state index contributed by atoms with van der Waals surface area (Å²) < 4.78 is 1.54. The predicted octanol–water partition coefficient (Wildman–Crippen LogP) is 2.13. The summed E-state index contributed by atoms with van der Waals surface area (Å²) >= 11 is 5.98. The number of carbonyl (C=O) groups is 1. The highest BCUT2D eigenvalue weighted by Gasteiger charge is 2.12. The molecule has 0 bridgehead atoms. The van der Waals surface area contributed by atoms with Gasteiger partial charge in [-0.05, 0) is 31.5 Å². The van der Waals surface area contributed by atoms with Crippen molar-refractivity contribution in [3.05, 3.63) is 56.5 Å². The zero-order valence-corrected chi connectivity index (χ0v) is 11.8. The lowest BCUT2D eigenvalue weighted by Crippen LogP contribution is -2.21. The van der Waals surface area contributed by atoms with Crippen LogP contribution in [0.25, 0.3) is 5.69 Å². The second-order valence-corrected chi connectivity index (χ2v) is 4.95. The van der Waals surface area contributed by atoms with Crippen LogP contribution in [0.5, 0.6) is 0 Å². The molecule has 0 unspecified atom stereocenters. The van der Waals surface area contributed by atoms with Gasteiger partial charge < -0.3 is 5.11 Å². The van der Waals surface area contributed by atoms with Crippen LogP contribution in [-0.2, 0) is 11.2 Å². The van der Waals surface area contributed by atoms with E-state index in [0.717, 1.165) is 11.3 Å². The van der Waals surface area contributed by atoms with E-state index < -0.39 is 12.4 Å². The summed E-state index contributed by atoms with van der Waals surface area (Å²) in [7, 11) is 0. The van der Waals surface area contributed by atoms with Crippen molar-refractivity contribution in [2.75, 3.05) is 0 Å². The molecule has 2 rings (SSSR count). The number of rotatable bonds is 3. The van der Waals surface area contributed by atoms with Crippen LogP contribution >= 0.6 is 11.6 Å². The quantitative estimate of drug-likeness (QED) is 0.940. The maximum absolute atomic E-state index is 11.7. The molecule has 1 aromatic heterocycles. The fourth-order valence-corrected chi connectivity index (χ4v) is 2.07. The Bertz CT molecular complexity index is 738. The van der Waals surface area contributed by atoms with Gasteiger partial charge in [0.2, 0.25) is 5.43 Å². The first-order chi connectivity index (χ1) is 9.38. The van der Waals surface area contributed by atoms with Gasteiger partial charge in [-0.2, -0.15) is 5.10 Å². The number of aryl methyl sites for hydroxylation is 2. The fraction of sp³-hybridized carbons (Fsp3) is 0.214. The van der Waals surface area contributed by atoms with Crippen molar-refractivity contribution in [3.8, 4) is 5.69 Å². The SMILES string of the molecule is Cc1ccc(Cl)cc1-n1nc(CC(=O)O)c(=O)cc1C. The summed E-state index contributed by atoms with van der Waals surface area (Å²) in [6, 6.07) is 6.71. The van der Waals surface area contributed by atoms with Crippen LogP contribution in [0, 0.1) is 13.8 Å². The number of hydrogen-bond donors (Lipinski definition) is 1. The summed E-state index contributed by atoms with van der Waals surface area (Å²) in [4.78, 5) is 22.5. The zero-order valence-electron chi connectivity index (χ0n) is 11.1. The van der Waals surface area contributed by atoms with Crippen molar-refractivity contribution in [2.24, 2.45) is 0 Å². The molecule has 1 N–H and O–H groups in total. The normalized spacial score (nSPS) is 10.6. The van der Waals surface area contributed by atoms with Crippen LogP contribution < -0.4 is 5.43 Å². The molecule has 0 saturated carbocycles. The number of nitrogens with zero attached hydrogens (tertiary/aromatic N) is 2. The largest absolute Gasteiger partial charge is 0.481 e. The van der Waals surface area contributed by atoms with Crippen LogP contribution in [0.3, 0.4) is 0 Å². The molecule has 2 aromatic rings. The van der Waals surface area contributed by atoms with Crippen molar-refractivity contribution in [2.45, 2.75) is 20.3 Å². The average Bonchev–Trinajstić information content (AvgIpc) is 2.35. The van der Waals surface area contributed by atoms with Crippen molar-refractivity contribution in [1.82, 2.24) is 9.78 Å². The van der Waals surface area contributed by atoms with Crippen molar-refractivity contribution >= 4 is 17.6 Å². The third-order valence-electron chi connectivity index (χ3n) is 2.90. The summed E-state index contributed by atoms with van der Waals surface area (Å²) in [5.41, 5.74) is 1.90. The van der Waals surface area contributed by atoms with E-state index >= 15 is 0 Å². The molecule has 0 aliphatic carbocycles. The number of hydrogen-bond acceptors (Lipinski definition) is 3. The van der Waals surface area contributed by atoms with Crippen molar-refractivity contribution < 1.29 is 9.90 Å². The number of carboxylic acids is 1. The highest BCUT2D eigenvalue weighted by Crippen LogP contribution is 2.19. The number of halogens is 1. The van der Waals surface area contributed by atoms with Gasteiger partial charge in [0.15, 0.2) is 0 Å². The molecule has 0 aliphatic rings. The van der Waals surface area contributed by atoms with Crippen LogP contribution in [-0.4, -0.2) is 20.9 Å². The number of benzene rings is 1. The smallest absolute Gasteiger partial charge is 0.309 e. The van der Waals surface area contributed by atoms with E-state index in [4.69, 9.17) is 16.7 Å². The molecule has 0 saturated heterocycles.